The monoisotopic (exact) mass is 146 g/mol. The van der Waals surface area contributed by atoms with Crippen LogP contribution < -0.4 is 22.7 Å². The molecule has 0 aliphatic heterocycles. The maximum atomic E-state index is 10.5. The molecule has 58 valence electrons. The second-order valence-electron chi connectivity index (χ2n) is 1.62. The molecule has 0 aromatic rings. The van der Waals surface area contributed by atoms with Crippen LogP contribution in [0.15, 0.2) is 12.8 Å². The minimum atomic E-state index is -1.80. The molecule has 0 aliphatic rings. The lowest BCUT2D eigenvalue weighted by atomic mass is 10.4. The molecule has 7 N–H and O–H groups in total. The summed E-state index contributed by atoms with van der Waals surface area (Å²) in [4.78, 5) is 14.3. The molecule has 0 saturated carbocycles. The van der Waals surface area contributed by atoms with E-state index in [2.05, 4.69) is 22.6 Å². The first-order chi connectivity index (χ1) is 4.54. The predicted octanol–water partition coefficient (Wildman–Crippen LogP) is -2.29. The van der Waals surface area contributed by atoms with E-state index >= 15 is 0 Å². The van der Waals surface area contributed by atoms with E-state index in [-0.39, 0.29) is 0 Å². The molecule has 0 bridgehead atoms. The van der Waals surface area contributed by atoms with Crippen molar-refractivity contribution >= 4 is 5.97 Å². The van der Waals surface area contributed by atoms with Gasteiger partial charge < -0.3 is 10.2 Å². The number of nitrogens with one attached hydrogen (secondary N) is 1. The molecule has 6 nitrogen and oxygen atoms in total. The predicted molar refractivity (Wildman–Crippen MR) is 34.7 cm³/mol. The van der Waals surface area contributed by atoms with E-state index in [1.54, 1.807) is 0 Å². The van der Waals surface area contributed by atoms with Crippen molar-refractivity contribution in [1.82, 2.24) is 5.32 Å². The van der Waals surface area contributed by atoms with Gasteiger partial charge in [0.25, 0.3) is 0 Å². The fraction of sp³-hybridized carbons (Fsp3) is 0.250. The summed E-state index contributed by atoms with van der Waals surface area (Å²) in [5, 5.41) is 2.24. The second-order valence-corrected chi connectivity index (χ2v) is 1.62. The smallest absolute Gasteiger partial charge is 0.369 e. The van der Waals surface area contributed by atoms with Gasteiger partial charge in [-0.15, -0.1) is 0 Å². The van der Waals surface area contributed by atoms with Crippen LogP contribution in [0.3, 0.4) is 0 Å². The molecule has 0 saturated heterocycles. The third-order valence-electron chi connectivity index (χ3n) is 0.786. The molecule has 0 radical (unpaired) electrons. The van der Waals surface area contributed by atoms with Gasteiger partial charge in [-0.25, -0.2) is 4.79 Å². The standard InChI is InChI=1S/C4H10N4O2/c1-2-8-4(5,6)3(9)10-7/h2,8H,1,5-7H2. The third kappa shape index (κ3) is 2.02. The van der Waals surface area contributed by atoms with Crippen LogP contribution in [-0.4, -0.2) is 11.8 Å². The fourth-order valence-electron chi connectivity index (χ4n) is 0.325. The first-order valence-electron chi connectivity index (χ1n) is 2.42. The van der Waals surface area contributed by atoms with Crippen LogP contribution in [0.4, 0.5) is 0 Å². The number of carbonyl (C=O) groups is 1. The molecule has 10 heavy (non-hydrogen) atoms. The lowest BCUT2D eigenvalue weighted by Gasteiger charge is -2.19. The fourth-order valence-corrected chi connectivity index (χ4v) is 0.325. The zero-order valence-corrected chi connectivity index (χ0v) is 5.33. The van der Waals surface area contributed by atoms with E-state index in [0.29, 0.717) is 0 Å². The van der Waals surface area contributed by atoms with Gasteiger partial charge in [0.1, 0.15) is 0 Å². The quantitative estimate of drug-likeness (QED) is 0.263. The molecule has 0 aromatic heterocycles. The van der Waals surface area contributed by atoms with Gasteiger partial charge in [0.2, 0.25) is 5.79 Å². The van der Waals surface area contributed by atoms with Crippen LogP contribution in [0, 0.1) is 0 Å². The molecule has 0 aliphatic carbocycles. The maximum absolute atomic E-state index is 10.5. The highest BCUT2D eigenvalue weighted by Crippen LogP contribution is 1.85. The molecule has 0 spiro atoms. The third-order valence-corrected chi connectivity index (χ3v) is 0.786. The Morgan fingerprint density at radius 3 is 2.50 bits per heavy atom. The molecule has 0 fully saturated rings. The molecule has 0 amide bonds. The van der Waals surface area contributed by atoms with Crippen molar-refractivity contribution in [3.8, 4) is 0 Å². The zero-order valence-electron chi connectivity index (χ0n) is 5.33. The summed E-state index contributed by atoms with van der Waals surface area (Å²) in [6, 6.07) is 0. The van der Waals surface area contributed by atoms with Crippen molar-refractivity contribution in [2.75, 3.05) is 0 Å². The Labute approximate surface area is 57.9 Å². The van der Waals surface area contributed by atoms with E-state index in [4.69, 9.17) is 11.5 Å². The zero-order chi connectivity index (χ0) is 8.20. The molecule has 6 heteroatoms. The van der Waals surface area contributed by atoms with Gasteiger partial charge in [-0.05, 0) is 6.20 Å². The van der Waals surface area contributed by atoms with Gasteiger partial charge in [0, 0.05) is 0 Å². The Morgan fingerprint density at radius 1 is 1.70 bits per heavy atom. The van der Waals surface area contributed by atoms with Crippen molar-refractivity contribution in [2.24, 2.45) is 17.4 Å². The average molecular weight is 146 g/mol. The summed E-state index contributed by atoms with van der Waals surface area (Å²) in [5.74, 6) is 1.74. The van der Waals surface area contributed by atoms with Crippen molar-refractivity contribution in [1.29, 1.82) is 0 Å². The SMILES string of the molecule is C=CNC(N)(N)C(=O)ON. The van der Waals surface area contributed by atoms with Crippen LogP contribution >= 0.6 is 0 Å². The van der Waals surface area contributed by atoms with Gasteiger partial charge in [0.05, 0.1) is 0 Å². The summed E-state index contributed by atoms with van der Waals surface area (Å²) in [6.07, 6.45) is 1.16. The summed E-state index contributed by atoms with van der Waals surface area (Å²) in [6.45, 7) is 3.24. The highest BCUT2D eigenvalue weighted by Gasteiger charge is 2.28. The largest absolute Gasteiger partial charge is 0.381 e. The minimum Gasteiger partial charge on any atom is -0.369 e. The Hall–Kier alpha value is -1.11. The summed E-state index contributed by atoms with van der Waals surface area (Å²) in [7, 11) is 0. The van der Waals surface area contributed by atoms with Crippen molar-refractivity contribution in [3.05, 3.63) is 12.8 Å². The van der Waals surface area contributed by atoms with Gasteiger partial charge in [-0.1, -0.05) is 6.58 Å². The summed E-state index contributed by atoms with van der Waals surface area (Å²) >= 11 is 0. The molecule has 0 atom stereocenters. The number of hydrogen-bond acceptors (Lipinski definition) is 6. The molecule has 0 unspecified atom stereocenters. The Bertz CT molecular complexity index is 144. The van der Waals surface area contributed by atoms with Crippen molar-refractivity contribution < 1.29 is 9.63 Å². The second kappa shape index (κ2) is 3.16. The van der Waals surface area contributed by atoms with Crippen molar-refractivity contribution in [3.63, 3.8) is 0 Å². The van der Waals surface area contributed by atoms with Crippen LogP contribution in [-0.2, 0) is 9.63 Å². The number of nitrogens with two attached hydrogens (primary N) is 3. The lowest BCUT2D eigenvalue weighted by Crippen LogP contribution is -2.66. The van der Waals surface area contributed by atoms with Crippen LogP contribution in [0.1, 0.15) is 0 Å². The molecular formula is C4H10N4O2. The first-order valence-corrected chi connectivity index (χ1v) is 2.42. The maximum Gasteiger partial charge on any atom is 0.381 e. The normalized spacial score (nSPS) is 10.3. The number of rotatable bonds is 3. The Balaban J connectivity index is 4.08. The van der Waals surface area contributed by atoms with E-state index in [0.717, 1.165) is 6.20 Å². The summed E-state index contributed by atoms with van der Waals surface area (Å²) < 4.78 is 0. The summed E-state index contributed by atoms with van der Waals surface area (Å²) in [5.41, 5.74) is 10.2. The van der Waals surface area contributed by atoms with E-state index in [9.17, 15) is 4.79 Å². The molecule has 0 heterocycles. The van der Waals surface area contributed by atoms with Gasteiger partial charge in [-0.3, -0.25) is 11.5 Å². The van der Waals surface area contributed by atoms with E-state index < -0.39 is 11.8 Å². The van der Waals surface area contributed by atoms with E-state index in [1.807, 2.05) is 0 Å². The van der Waals surface area contributed by atoms with Gasteiger partial charge in [0.15, 0.2) is 0 Å². The Morgan fingerprint density at radius 2 is 2.20 bits per heavy atom. The van der Waals surface area contributed by atoms with Gasteiger partial charge in [-0.2, -0.15) is 5.90 Å². The lowest BCUT2D eigenvalue weighted by molar-refractivity contribution is -0.151. The average Bonchev–Trinajstić information content (AvgIpc) is 1.86. The highest BCUT2D eigenvalue weighted by molar-refractivity contribution is 5.78. The van der Waals surface area contributed by atoms with Gasteiger partial charge >= 0.3 is 5.97 Å². The van der Waals surface area contributed by atoms with Crippen LogP contribution in [0.2, 0.25) is 0 Å². The van der Waals surface area contributed by atoms with Crippen LogP contribution in [0.5, 0.6) is 0 Å². The topological polar surface area (TPSA) is 116 Å². The van der Waals surface area contributed by atoms with Crippen LogP contribution in [0.25, 0.3) is 0 Å². The Kier molecular flexibility index (Phi) is 2.81. The highest BCUT2D eigenvalue weighted by atomic mass is 16.7. The minimum absolute atomic E-state index is 0.965. The molecule has 0 rings (SSSR count). The molecule has 0 aromatic carbocycles. The molecular weight excluding hydrogens is 136 g/mol. The number of carbonyl (C=O) groups excluding carboxylic acids is 1. The first kappa shape index (κ1) is 8.89. The van der Waals surface area contributed by atoms with E-state index in [1.165, 1.54) is 0 Å². The number of hydrogen-bond donors (Lipinski definition) is 4. The van der Waals surface area contributed by atoms with Crippen molar-refractivity contribution in [2.45, 2.75) is 5.79 Å².